The minimum Gasteiger partial charge on any atom is -0.497 e. The minimum atomic E-state index is 0.256. The number of aryl methyl sites for hydroxylation is 1. The number of hydrogen-bond acceptors (Lipinski definition) is 3. The third kappa shape index (κ3) is 2.67. The standard InChI is InChI=1S/C21H26N2O/c1-22-13-14-23(19-7-9-20(24-2)10-8-19)16-21(22)12-11-17-5-3-4-6-18(17)15-21/h3-10H,11-16H2,1-2H3. The molecule has 1 saturated heterocycles. The maximum Gasteiger partial charge on any atom is 0.119 e. The number of fused-ring (bicyclic) bond motifs is 1. The molecule has 0 radical (unpaired) electrons. The summed E-state index contributed by atoms with van der Waals surface area (Å²) >= 11 is 0. The van der Waals surface area contributed by atoms with E-state index in [2.05, 4.69) is 65.4 Å². The number of hydrogen-bond donors (Lipinski definition) is 0. The average molecular weight is 322 g/mol. The molecule has 126 valence electrons. The average Bonchev–Trinajstić information content (AvgIpc) is 2.64. The number of benzene rings is 2. The van der Waals surface area contributed by atoms with Crippen LogP contribution < -0.4 is 9.64 Å². The van der Waals surface area contributed by atoms with Crippen molar-refractivity contribution < 1.29 is 4.74 Å². The Hall–Kier alpha value is -2.00. The second-order valence-electron chi connectivity index (χ2n) is 7.21. The van der Waals surface area contributed by atoms with Crippen LogP contribution in [0.2, 0.25) is 0 Å². The molecule has 4 rings (SSSR count). The first-order valence-corrected chi connectivity index (χ1v) is 8.87. The number of nitrogens with zero attached hydrogens (tertiary/aromatic N) is 2. The summed E-state index contributed by atoms with van der Waals surface area (Å²) in [5.41, 5.74) is 4.64. The Morgan fingerprint density at radius 1 is 0.958 bits per heavy atom. The Labute approximate surface area is 144 Å². The van der Waals surface area contributed by atoms with Gasteiger partial charge in [0, 0.05) is 30.9 Å². The molecular formula is C21H26N2O. The van der Waals surface area contributed by atoms with Gasteiger partial charge in [0.1, 0.15) is 5.75 Å². The van der Waals surface area contributed by atoms with Gasteiger partial charge in [0.25, 0.3) is 0 Å². The van der Waals surface area contributed by atoms with E-state index in [4.69, 9.17) is 4.74 Å². The molecule has 0 saturated carbocycles. The molecule has 1 heterocycles. The molecule has 3 nitrogen and oxygen atoms in total. The largest absolute Gasteiger partial charge is 0.497 e. The zero-order valence-electron chi connectivity index (χ0n) is 14.7. The van der Waals surface area contributed by atoms with Crippen LogP contribution in [0.15, 0.2) is 48.5 Å². The first-order valence-electron chi connectivity index (χ1n) is 8.87. The Bertz CT molecular complexity index is 712. The number of rotatable bonds is 2. The topological polar surface area (TPSA) is 15.7 Å². The molecule has 1 unspecified atom stereocenters. The molecule has 2 aromatic carbocycles. The quantitative estimate of drug-likeness (QED) is 0.843. The summed E-state index contributed by atoms with van der Waals surface area (Å²) in [5, 5.41) is 0. The van der Waals surface area contributed by atoms with E-state index in [-0.39, 0.29) is 5.54 Å². The predicted molar refractivity (Wildman–Crippen MR) is 99.0 cm³/mol. The number of anilines is 1. The zero-order chi connectivity index (χ0) is 16.6. The highest BCUT2D eigenvalue weighted by molar-refractivity contribution is 5.50. The van der Waals surface area contributed by atoms with Gasteiger partial charge in [0.2, 0.25) is 0 Å². The molecular weight excluding hydrogens is 296 g/mol. The molecule has 1 aliphatic heterocycles. The molecule has 1 atom stereocenters. The van der Waals surface area contributed by atoms with Crippen molar-refractivity contribution in [3.8, 4) is 5.75 Å². The normalized spacial score (nSPS) is 24.0. The highest BCUT2D eigenvalue weighted by atomic mass is 16.5. The second-order valence-corrected chi connectivity index (χ2v) is 7.21. The predicted octanol–water partition coefficient (Wildman–Crippen LogP) is 3.37. The summed E-state index contributed by atoms with van der Waals surface area (Å²) in [7, 11) is 4.03. The lowest BCUT2D eigenvalue weighted by Crippen LogP contribution is -2.63. The van der Waals surface area contributed by atoms with Crippen molar-refractivity contribution in [2.45, 2.75) is 24.8 Å². The van der Waals surface area contributed by atoms with Crippen molar-refractivity contribution in [3.63, 3.8) is 0 Å². The van der Waals surface area contributed by atoms with Crippen LogP contribution in [0, 0.1) is 0 Å². The van der Waals surface area contributed by atoms with E-state index in [1.165, 1.54) is 29.7 Å². The number of likely N-dealkylation sites (N-methyl/N-ethyl adjacent to an activating group) is 1. The lowest BCUT2D eigenvalue weighted by atomic mass is 9.75. The molecule has 24 heavy (non-hydrogen) atoms. The van der Waals surface area contributed by atoms with Crippen molar-refractivity contribution >= 4 is 5.69 Å². The van der Waals surface area contributed by atoms with Crippen molar-refractivity contribution in [1.82, 2.24) is 4.90 Å². The number of ether oxygens (including phenoxy) is 1. The molecule has 0 amide bonds. The summed E-state index contributed by atoms with van der Waals surface area (Å²) in [4.78, 5) is 5.15. The van der Waals surface area contributed by atoms with E-state index in [1.807, 2.05) is 0 Å². The lowest BCUT2D eigenvalue weighted by molar-refractivity contribution is 0.0870. The van der Waals surface area contributed by atoms with Gasteiger partial charge in [-0.15, -0.1) is 0 Å². The highest BCUT2D eigenvalue weighted by Gasteiger charge is 2.42. The van der Waals surface area contributed by atoms with E-state index in [0.29, 0.717) is 0 Å². The van der Waals surface area contributed by atoms with Gasteiger partial charge in [-0.25, -0.2) is 0 Å². The van der Waals surface area contributed by atoms with Crippen molar-refractivity contribution in [3.05, 3.63) is 59.7 Å². The van der Waals surface area contributed by atoms with Crippen LogP contribution in [0.1, 0.15) is 17.5 Å². The van der Waals surface area contributed by atoms with E-state index in [9.17, 15) is 0 Å². The SMILES string of the molecule is COc1ccc(N2CCN(C)C3(CCc4ccccc4C3)C2)cc1. The van der Waals surface area contributed by atoms with E-state index in [0.717, 1.165) is 31.8 Å². The first-order chi connectivity index (χ1) is 11.7. The van der Waals surface area contributed by atoms with Gasteiger partial charge in [0.05, 0.1) is 7.11 Å². The summed E-state index contributed by atoms with van der Waals surface area (Å²) in [6.07, 6.45) is 3.59. The molecule has 2 aromatic rings. The molecule has 0 N–H and O–H groups in total. The summed E-state index contributed by atoms with van der Waals surface area (Å²) in [5.74, 6) is 0.925. The van der Waals surface area contributed by atoms with E-state index >= 15 is 0 Å². The fraction of sp³-hybridized carbons (Fsp3) is 0.429. The summed E-state index contributed by atoms with van der Waals surface area (Å²) < 4.78 is 5.30. The van der Waals surface area contributed by atoms with Crippen LogP contribution in [0.4, 0.5) is 5.69 Å². The minimum absolute atomic E-state index is 0.256. The van der Waals surface area contributed by atoms with Gasteiger partial charge in [-0.2, -0.15) is 0 Å². The lowest BCUT2D eigenvalue weighted by Gasteiger charge is -2.52. The Balaban J connectivity index is 1.59. The maximum atomic E-state index is 5.30. The molecule has 3 heteroatoms. The molecule has 2 aliphatic rings. The van der Waals surface area contributed by atoms with E-state index in [1.54, 1.807) is 7.11 Å². The fourth-order valence-electron chi connectivity index (χ4n) is 4.32. The van der Waals surface area contributed by atoms with Gasteiger partial charge >= 0.3 is 0 Å². The molecule has 0 aromatic heterocycles. The third-order valence-corrected chi connectivity index (χ3v) is 5.94. The Kier molecular flexibility index (Phi) is 3.97. The Morgan fingerprint density at radius 3 is 2.46 bits per heavy atom. The van der Waals surface area contributed by atoms with Crippen LogP contribution in [0.3, 0.4) is 0 Å². The molecule has 1 fully saturated rings. The second kappa shape index (κ2) is 6.14. The molecule has 0 bridgehead atoms. The van der Waals surface area contributed by atoms with Crippen molar-refractivity contribution in [1.29, 1.82) is 0 Å². The van der Waals surface area contributed by atoms with Crippen LogP contribution in [-0.4, -0.2) is 44.2 Å². The molecule has 1 aliphatic carbocycles. The van der Waals surface area contributed by atoms with Gasteiger partial charge in [-0.05, 0) is 61.7 Å². The van der Waals surface area contributed by atoms with Crippen LogP contribution in [0.25, 0.3) is 0 Å². The van der Waals surface area contributed by atoms with Crippen LogP contribution in [-0.2, 0) is 12.8 Å². The maximum absolute atomic E-state index is 5.30. The van der Waals surface area contributed by atoms with Crippen molar-refractivity contribution in [2.24, 2.45) is 0 Å². The molecule has 1 spiro atoms. The smallest absolute Gasteiger partial charge is 0.119 e. The third-order valence-electron chi connectivity index (χ3n) is 5.94. The number of methoxy groups -OCH3 is 1. The zero-order valence-corrected chi connectivity index (χ0v) is 14.7. The highest BCUT2D eigenvalue weighted by Crippen LogP contribution is 2.36. The van der Waals surface area contributed by atoms with Gasteiger partial charge in [-0.3, -0.25) is 4.90 Å². The summed E-state index contributed by atoms with van der Waals surface area (Å²) in [6.45, 7) is 3.31. The van der Waals surface area contributed by atoms with Gasteiger partial charge in [0.15, 0.2) is 0 Å². The monoisotopic (exact) mass is 322 g/mol. The first kappa shape index (κ1) is 15.5. The van der Waals surface area contributed by atoms with Gasteiger partial charge < -0.3 is 9.64 Å². The van der Waals surface area contributed by atoms with Crippen LogP contribution in [0.5, 0.6) is 5.75 Å². The van der Waals surface area contributed by atoms with Gasteiger partial charge in [-0.1, -0.05) is 24.3 Å². The summed E-state index contributed by atoms with van der Waals surface area (Å²) in [6, 6.07) is 17.5. The van der Waals surface area contributed by atoms with E-state index < -0.39 is 0 Å². The van der Waals surface area contributed by atoms with Crippen LogP contribution >= 0.6 is 0 Å². The Morgan fingerprint density at radius 2 is 1.71 bits per heavy atom. The van der Waals surface area contributed by atoms with Crippen molar-refractivity contribution in [2.75, 3.05) is 38.7 Å². The number of piperazine rings is 1. The fourth-order valence-corrected chi connectivity index (χ4v) is 4.32.